The molecule has 2 fully saturated rings. The van der Waals surface area contributed by atoms with Crippen LogP contribution in [-0.2, 0) is 0 Å². The number of nitrogens with one attached hydrogen (secondary N) is 2. The first-order chi connectivity index (χ1) is 9.33. The molecule has 1 aliphatic heterocycles. The third kappa shape index (κ3) is 3.24. The van der Waals surface area contributed by atoms with E-state index in [1.165, 1.54) is 51.6 Å². The number of quaternary nitrogens is 1. The van der Waals surface area contributed by atoms with E-state index in [4.69, 9.17) is 11.6 Å². The Kier molecular flexibility index (Phi) is 4.29. The second-order valence-electron chi connectivity index (χ2n) is 6.04. The molecule has 1 saturated heterocycles. The van der Waals surface area contributed by atoms with Crippen LogP contribution in [0, 0.1) is 0 Å². The summed E-state index contributed by atoms with van der Waals surface area (Å²) >= 11 is 6.21. The highest BCUT2D eigenvalue weighted by molar-refractivity contribution is 6.33. The maximum absolute atomic E-state index is 6.21. The van der Waals surface area contributed by atoms with E-state index in [-0.39, 0.29) is 0 Å². The van der Waals surface area contributed by atoms with Crippen molar-refractivity contribution in [2.75, 3.05) is 18.4 Å². The zero-order chi connectivity index (χ0) is 13.1. The summed E-state index contributed by atoms with van der Waals surface area (Å²) in [5.74, 6) is 0. The van der Waals surface area contributed by atoms with Gasteiger partial charge >= 0.3 is 0 Å². The van der Waals surface area contributed by atoms with Crippen molar-refractivity contribution in [2.24, 2.45) is 0 Å². The second kappa shape index (κ2) is 6.15. The third-order valence-corrected chi connectivity index (χ3v) is 5.12. The number of anilines is 1. The van der Waals surface area contributed by atoms with Gasteiger partial charge in [0.05, 0.1) is 29.8 Å². The highest BCUT2D eigenvalue weighted by Crippen LogP contribution is 2.23. The van der Waals surface area contributed by atoms with Gasteiger partial charge in [-0.05, 0) is 37.8 Å². The fraction of sp³-hybridized carbons (Fsp3) is 0.625. The minimum Gasteiger partial charge on any atom is -0.381 e. The lowest BCUT2D eigenvalue weighted by Crippen LogP contribution is -3.16. The molecular formula is C16H24ClN2+. The molecule has 3 rings (SSSR count). The summed E-state index contributed by atoms with van der Waals surface area (Å²) in [6.07, 6.45) is 8.37. The van der Waals surface area contributed by atoms with E-state index in [0.717, 1.165) is 16.8 Å². The normalized spacial score (nSPS) is 28.5. The molecule has 19 heavy (non-hydrogen) atoms. The molecule has 2 N–H and O–H groups in total. The molecule has 1 aromatic rings. The van der Waals surface area contributed by atoms with Crippen LogP contribution in [0.25, 0.3) is 0 Å². The number of hydrogen-bond donors (Lipinski definition) is 2. The van der Waals surface area contributed by atoms with Crippen molar-refractivity contribution in [2.45, 2.75) is 50.6 Å². The first kappa shape index (κ1) is 13.3. The van der Waals surface area contributed by atoms with Gasteiger partial charge in [-0.25, -0.2) is 0 Å². The van der Waals surface area contributed by atoms with Crippen molar-refractivity contribution in [1.82, 2.24) is 0 Å². The number of rotatable bonds is 3. The largest absolute Gasteiger partial charge is 0.381 e. The van der Waals surface area contributed by atoms with Crippen molar-refractivity contribution < 1.29 is 4.90 Å². The van der Waals surface area contributed by atoms with E-state index in [1.54, 1.807) is 0 Å². The summed E-state index contributed by atoms with van der Waals surface area (Å²) in [7, 11) is 0. The van der Waals surface area contributed by atoms with Gasteiger partial charge in [0.2, 0.25) is 0 Å². The fourth-order valence-corrected chi connectivity index (χ4v) is 3.86. The fourth-order valence-electron chi connectivity index (χ4n) is 3.67. The van der Waals surface area contributed by atoms with Crippen LogP contribution in [0.4, 0.5) is 5.69 Å². The molecule has 3 heteroatoms. The van der Waals surface area contributed by atoms with Crippen LogP contribution in [-0.4, -0.2) is 25.2 Å². The summed E-state index contributed by atoms with van der Waals surface area (Å²) < 4.78 is 0. The van der Waals surface area contributed by atoms with Gasteiger partial charge in [0, 0.05) is 18.9 Å². The van der Waals surface area contributed by atoms with Crippen molar-refractivity contribution in [3.63, 3.8) is 0 Å². The first-order valence-corrected chi connectivity index (χ1v) is 8.06. The monoisotopic (exact) mass is 279 g/mol. The van der Waals surface area contributed by atoms with Crippen molar-refractivity contribution in [3.8, 4) is 0 Å². The first-order valence-electron chi connectivity index (χ1n) is 7.68. The Bertz CT molecular complexity index is 407. The van der Waals surface area contributed by atoms with Crippen LogP contribution in [0.2, 0.25) is 5.02 Å². The molecule has 0 aromatic heterocycles. The summed E-state index contributed by atoms with van der Waals surface area (Å²) in [6, 6.07) is 9.64. The van der Waals surface area contributed by atoms with Crippen LogP contribution in [0.15, 0.2) is 24.3 Å². The molecule has 0 amide bonds. The molecule has 1 aromatic carbocycles. The maximum Gasteiger partial charge on any atom is 0.0874 e. The summed E-state index contributed by atoms with van der Waals surface area (Å²) in [5.41, 5.74) is 1.10. The van der Waals surface area contributed by atoms with Gasteiger partial charge in [-0.3, -0.25) is 0 Å². The lowest BCUT2D eigenvalue weighted by atomic mass is 10.0. The Hall–Kier alpha value is -0.730. The van der Waals surface area contributed by atoms with Crippen LogP contribution in [0.5, 0.6) is 0 Å². The zero-order valence-electron chi connectivity index (χ0n) is 11.5. The number of piperidine rings is 1. The SMILES string of the molecule is Clc1ccccc1NC1CC[NH+](C2CCCC2)CC1. The third-order valence-electron chi connectivity index (χ3n) is 4.79. The minimum atomic E-state index is 0.602. The molecule has 1 saturated carbocycles. The number of benzene rings is 1. The van der Waals surface area contributed by atoms with Gasteiger partial charge in [-0.2, -0.15) is 0 Å². The van der Waals surface area contributed by atoms with Crippen LogP contribution >= 0.6 is 11.6 Å². The summed E-state index contributed by atoms with van der Waals surface area (Å²) in [4.78, 5) is 1.86. The van der Waals surface area contributed by atoms with E-state index >= 15 is 0 Å². The maximum atomic E-state index is 6.21. The van der Waals surface area contributed by atoms with Gasteiger partial charge in [0.25, 0.3) is 0 Å². The van der Waals surface area contributed by atoms with Gasteiger partial charge in [0.1, 0.15) is 0 Å². The highest BCUT2D eigenvalue weighted by Gasteiger charge is 2.30. The van der Waals surface area contributed by atoms with Crippen molar-refractivity contribution >= 4 is 17.3 Å². The Morgan fingerprint density at radius 1 is 1.00 bits per heavy atom. The molecule has 0 atom stereocenters. The molecular weight excluding hydrogens is 256 g/mol. The van der Waals surface area contributed by atoms with E-state index in [1.807, 2.05) is 23.1 Å². The van der Waals surface area contributed by atoms with Crippen LogP contribution in [0.1, 0.15) is 38.5 Å². The van der Waals surface area contributed by atoms with Gasteiger partial charge in [-0.1, -0.05) is 23.7 Å². The number of halogens is 1. The quantitative estimate of drug-likeness (QED) is 0.870. The smallest absolute Gasteiger partial charge is 0.0874 e. The Morgan fingerprint density at radius 2 is 1.68 bits per heavy atom. The van der Waals surface area contributed by atoms with E-state index in [2.05, 4.69) is 11.4 Å². The molecule has 0 radical (unpaired) electrons. The Morgan fingerprint density at radius 3 is 2.37 bits per heavy atom. The molecule has 2 nitrogen and oxygen atoms in total. The Labute approximate surface area is 121 Å². The van der Waals surface area contributed by atoms with Gasteiger partial charge in [0.15, 0.2) is 0 Å². The highest BCUT2D eigenvalue weighted by atomic mass is 35.5. The molecule has 1 heterocycles. The predicted molar refractivity (Wildman–Crippen MR) is 81.0 cm³/mol. The lowest BCUT2D eigenvalue weighted by Gasteiger charge is -2.34. The molecule has 2 aliphatic rings. The number of likely N-dealkylation sites (tertiary alicyclic amines) is 1. The van der Waals surface area contributed by atoms with E-state index < -0.39 is 0 Å². The molecule has 0 bridgehead atoms. The summed E-state index contributed by atoms with van der Waals surface area (Å²) in [6.45, 7) is 2.65. The molecule has 1 aliphatic carbocycles. The van der Waals surface area contributed by atoms with Gasteiger partial charge < -0.3 is 10.2 Å². The lowest BCUT2D eigenvalue weighted by molar-refractivity contribution is -0.929. The van der Waals surface area contributed by atoms with Crippen LogP contribution < -0.4 is 10.2 Å². The molecule has 0 unspecified atom stereocenters. The van der Waals surface area contributed by atoms with E-state index in [0.29, 0.717) is 6.04 Å². The average molecular weight is 280 g/mol. The Balaban J connectivity index is 1.51. The van der Waals surface area contributed by atoms with Gasteiger partial charge in [-0.15, -0.1) is 0 Å². The molecule has 104 valence electrons. The standard InChI is InChI=1S/C16H23ClN2/c17-15-7-3-4-8-16(15)18-13-9-11-19(12-10-13)14-5-1-2-6-14/h3-4,7-8,13-14,18H,1-2,5-6,9-12H2/p+1. The number of hydrogen-bond acceptors (Lipinski definition) is 1. The van der Waals surface area contributed by atoms with Crippen molar-refractivity contribution in [3.05, 3.63) is 29.3 Å². The zero-order valence-corrected chi connectivity index (χ0v) is 12.3. The van der Waals surface area contributed by atoms with Crippen molar-refractivity contribution in [1.29, 1.82) is 0 Å². The van der Waals surface area contributed by atoms with E-state index in [9.17, 15) is 0 Å². The summed E-state index contributed by atoms with van der Waals surface area (Å²) in [5, 5.41) is 4.46. The second-order valence-corrected chi connectivity index (χ2v) is 6.45. The average Bonchev–Trinajstić information content (AvgIpc) is 2.96. The topological polar surface area (TPSA) is 16.5 Å². The number of para-hydroxylation sites is 1. The predicted octanol–water partition coefficient (Wildman–Crippen LogP) is 2.74. The van der Waals surface area contributed by atoms with Crippen LogP contribution in [0.3, 0.4) is 0 Å². The molecule has 0 spiro atoms. The minimum absolute atomic E-state index is 0.602.